The van der Waals surface area contributed by atoms with Crippen LogP contribution in [0.25, 0.3) is 22.6 Å². The van der Waals surface area contributed by atoms with Crippen LogP contribution in [0.1, 0.15) is 12.5 Å². The van der Waals surface area contributed by atoms with E-state index in [0.29, 0.717) is 41.5 Å². The number of nitrogens with zero attached hydrogens (tertiary/aromatic N) is 6. The quantitative estimate of drug-likeness (QED) is 0.555. The van der Waals surface area contributed by atoms with E-state index in [2.05, 4.69) is 35.9 Å². The monoisotopic (exact) mass is 374 g/mol. The molecule has 9 heteroatoms. The van der Waals surface area contributed by atoms with Gasteiger partial charge in [-0.15, -0.1) is 5.10 Å². The zero-order chi connectivity index (χ0) is 19.3. The van der Waals surface area contributed by atoms with Crippen LogP contribution in [0.5, 0.6) is 0 Å². The molecule has 3 aromatic heterocycles. The molecule has 4 aromatic rings. The molecule has 1 aromatic carbocycles. The van der Waals surface area contributed by atoms with Crippen molar-refractivity contribution in [3.05, 3.63) is 60.4 Å². The Bertz CT molecular complexity index is 1110. The smallest absolute Gasteiger partial charge is 0.320 e. The van der Waals surface area contributed by atoms with E-state index in [1.165, 1.54) is 0 Å². The summed E-state index contributed by atoms with van der Waals surface area (Å²) in [6.45, 7) is 2.99. The molecule has 0 bridgehead atoms. The highest BCUT2D eigenvalue weighted by Gasteiger charge is 2.10. The van der Waals surface area contributed by atoms with Gasteiger partial charge in [0.2, 0.25) is 0 Å². The molecule has 3 heterocycles. The van der Waals surface area contributed by atoms with Crippen molar-refractivity contribution in [2.24, 2.45) is 0 Å². The molecule has 4 rings (SSSR count). The highest BCUT2D eigenvalue weighted by atomic mass is 16.2. The van der Waals surface area contributed by atoms with Gasteiger partial charge >= 0.3 is 6.03 Å². The molecular formula is C19H18N8O. The predicted octanol–water partition coefficient (Wildman–Crippen LogP) is 2.47. The molecule has 0 unspecified atom stereocenters. The maximum Gasteiger partial charge on any atom is 0.320 e. The van der Waals surface area contributed by atoms with Gasteiger partial charge in [-0.2, -0.15) is 0 Å². The van der Waals surface area contributed by atoms with Gasteiger partial charge in [0.15, 0.2) is 5.65 Å². The molecule has 0 saturated heterocycles. The zero-order valence-corrected chi connectivity index (χ0v) is 15.2. The van der Waals surface area contributed by atoms with Crippen LogP contribution in [-0.2, 0) is 6.54 Å². The molecule has 0 aliphatic carbocycles. The van der Waals surface area contributed by atoms with Crippen molar-refractivity contribution in [1.82, 2.24) is 35.3 Å². The molecule has 9 nitrogen and oxygen atoms in total. The van der Waals surface area contributed by atoms with Crippen LogP contribution in [-0.4, -0.2) is 42.5 Å². The van der Waals surface area contributed by atoms with E-state index < -0.39 is 0 Å². The number of rotatable bonds is 5. The lowest BCUT2D eigenvalue weighted by Gasteiger charge is -2.05. The van der Waals surface area contributed by atoms with E-state index in [1.807, 2.05) is 43.5 Å². The number of carbonyl (C=O) groups is 1. The Morgan fingerprint density at radius 3 is 2.75 bits per heavy atom. The van der Waals surface area contributed by atoms with Gasteiger partial charge in [0.05, 0.1) is 18.9 Å². The van der Waals surface area contributed by atoms with Crippen LogP contribution in [0.4, 0.5) is 10.6 Å². The topological polar surface area (TPSA) is 111 Å². The predicted molar refractivity (Wildman–Crippen MR) is 105 cm³/mol. The molecule has 0 radical (unpaired) electrons. The van der Waals surface area contributed by atoms with Gasteiger partial charge in [-0.3, -0.25) is 10.3 Å². The Balaban J connectivity index is 1.57. The highest BCUT2D eigenvalue weighted by molar-refractivity contribution is 5.89. The second-order valence-electron chi connectivity index (χ2n) is 6.07. The van der Waals surface area contributed by atoms with Crippen LogP contribution in [0.2, 0.25) is 0 Å². The van der Waals surface area contributed by atoms with E-state index >= 15 is 0 Å². The fraction of sp³-hybridized carbons (Fsp3) is 0.158. The third kappa shape index (κ3) is 3.93. The normalized spacial score (nSPS) is 10.8. The van der Waals surface area contributed by atoms with Gasteiger partial charge in [0, 0.05) is 6.54 Å². The van der Waals surface area contributed by atoms with E-state index in [0.717, 1.165) is 5.56 Å². The van der Waals surface area contributed by atoms with Gasteiger partial charge in [-0.25, -0.2) is 19.4 Å². The molecular weight excluding hydrogens is 356 g/mol. The Morgan fingerprint density at radius 2 is 1.93 bits per heavy atom. The average Bonchev–Trinajstić information content (AvgIpc) is 3.17. The lowest BCUT2D eigenvalue weighted by molar-refractivity contribution is 0.252. The zero-order valence-electron chi connectivity index (χ0n) is 15.2. The molecule has 28 heavy (non-hydrogen) atoms. The molecule has 0 aliphatic heterocycles. The highest BCUT2D eigenvalue weighted by Crippen LogP contribution is 2.17. The number of pyridine rings is 1. The number of hydrogen-bond acceptors (Lipinski definition) is 6. The Kier molecular flexibility index (Phi) is 4.87. The number of amides is 2. The minimum absolute atomic E-state index is 0.317. The van der Waals surface area contributed by atoms with Crippen molar-refractivity contribution in [2.75, 3.05) is 11.9 Å². The van der Waals surface area contributed by atoms with Crippen molar-refractivity contribution in [2.45, 2.75) is 13.5 Å². The summed E-state index contributed by atoms with van der Waals surface area (Å²) in [5.41, 5.74) is 3.35. The first-order valence-corrected chi connectivity index (χ1v) is 8.84. The van der Waals surface area contributed by atoms with Crippen molar-refractivity contribution >= 4 is 23.0 Å². The van der Waals surface area contributed by atoms with Gasteiger partial charge in [-0.05, 0) is 24.6 Å². The molecule has 0 saturated carbocycles. The van der Waals surface area contributed by atoms with E-state index in [4.69, 9.17) is 0 Å². The number of benzene rings is 1. The third-order valence-electron chi connectivity index (χ3n) is 3.97. The maximum atomic E-state index is 11.7. The SMILES string of the molecule is CCNC(=O)Nc1ccc2ncc(-c3cn(Cc4ccccc4)nn3)nc2n1. The summed E-state index contributed by atoms with van der Waals surface area (Å²) in [6.07, 6.45) is 3.46. The van der Waals surface area contributed by atoms with Crippen molar-refractivity contribution < 1.29 is 4.79 Å². The first kappa shape index (κ1) is 17.5. The summed E-state index contributed by atoms with van der Waals surface area (Å²) in [4.78, 5) is 24.9. The summed E-state index contributed by atoms with van der Waals surface area (Å²) in [5, 5.41) is 13.7. The fourth-order valence-corrected chi connectivity index (χ4v) is 2.68. The Hall–Kier alpha value is -3.88. The molecule has 0 atom stereocenters. The number of fused-ring (bicyclic) bond motifs is 1. The van der Waals surface area contributed by atoms with Gasteiger partial charge < -0.3 is 5.32 Å². The molecule has 0 fully saturated rings. The summed E-state index contributed by atoms with van der Waals surface area (Å²) in [6, 6.07) is 13.1. The fourth-order valence-electron chi connectivity index (χ4n) is 2.68. The lowest BCUT2D eigenvalue weighted by Crippen LogP contribution is -2.28. The van der Waals surface area contributed by atoms with Gasteiger partial charge in [0.1, 0.15) is 22.7 Å². The third-order valence-corrected chi connectivity index (χ3v) is 3.97. The first-order valence-electron chi connectivity index (χ1n) is 8.84. The molecule has 2 amide bonds. The second kappa shape index (κ2) is 7.78. The summed E-state index contributed by atoms with van der Waals surface area (Å²) in [7, 11) is 0. The largest absolute Gasteiger partial charge is 0.338 e. The number of aromatic nitrogens is 6. The number of carbonyl (C=O) groups excluding carboxylic acids is 1. The minimum atomic E-state index is -0.317. The molecule has 140 valence electrons. The standard InChI is InChI=1S/C19H18N8O/c1-2-20-19(28)24-17-9-8-14-18(23-17)22-15(10-21-14)16-12-27(26-25-16)11-13-6-4-3-5-7-13/h3-10,12H,2,11H2,1H3,(H2,20,22,23,24,28). The van der Waals surface area contributed by atoms with E-state index in [1.54, 1.807) is 23.0 Å². The van der Waals surface area contributed by atoms with Crippen LogP contribution < -0.4 is 10.6 Å². The average molecular weight is 374 g/mol. The number of anilines is 1. The van der Waals surface area contributed by atoms with E-state index in [9.17, 15) is 4.79 Å². The van der Waals surface area contributed by atoms with Gasteiger partial charge in [0.25, 0.3) is 0 Å². The van der Waals surface area contributed by atoms with Crippen LogP contribution in [0, 0.1) is 0 Å². The number of nitrogens with one attached hydrogen (secondary N) is 2. The van der Waals surface area contributed by atoms with Crippen LogP contribution in [0.3, 0.4) is 0 Å². The molecule has 0 aliphatic rings. The first-order chi connectivity index (χ1) is 13.7. The summed E-state index contributed by atoms with van der Waals surface area (Å²) >= 11 is 0. The second-order valence-corrected chi connectivity index (χ2v) is 6.07. The minimum Gasteiger partial charge on any atom is -0.338 e. The summed E-state index contributed by atoms with van der Waals surface area (Å²) < 4.78 is 1.75. The Morgan fingerprint density at radius 1 is 1.07 bits per heavy atom. The van der Waals surface area contributed by atoms with Crippen molar-refractivity contribution in [3.8, 4) is 11.4 Å². The van der Waals surface area contributed by atoms with Gasteiger partial charge in [-0.1, -0.05) is 35.5 Å². The molecule has 2 N–H and O–H groups in total. The number of hydrogen-bond donors (Lipinski definition) is 2. The number of urea groups is 1. The van der Waals surface area contributed by atoms with Crippen LogP contribution in [0.15, 0.2) is 54.9 Å². The van der Waals surface area contributed by atoms with Crippen molar-refractivity contribution in [3.63, 3.8) is 0 Å². The maximum absolute atomic E-state index is 11.7. The van der Waals surface area contributed by atoms with Crippen LogP contribution >= 0.6 is 0 Å². The lowest BCUT2D eigenvalue weighted by atomic mass is 10.2. The Labute approximate surface area is 160 Å². The van der Waals surface area contributed by atoms with Crippen molar-refractivity contribution in [1.29, 1.82) is 0 Å². The van der Waals surface area contributed by atoms with E-state index in [-0.39, 0.29) is 6.03 Å². The summed E-state index contributed by atoms with van der Waals surface area (Å²) in [5.74, 6) is 0.401. The molecule has 0 spiro atoms.